The Balaban J connectivity index is 2.22. The molecule has 20 heavy (non-hydrogen) atoms. The van der Waals surface area contributed by atoms with Crippen LogP contribution in [-0.4, -0.2) is 45.2 Å². The van der Waals surface area contributed by atoms with Crippen LogP contribution in [0, 0.1) is 5.92 Å². The number of carboxylic acids is 2. The highest BCUT2D eigenvalue weighted by Gasteiger charge is 2.33. The second-order valence-electron chi connectivity index (χ2n) is 5.00. The fourth-order valence-corrected chi connectivity index (χ4v) is 2.61. The number of benzene rings is 1. The van der Waals surface area contributed by atoms with Crippen molar-refractivity contribution in [1.29, 1.82) is 0 Å². The lowest BCUT2D eigenvalue weighted by Gasteiger charge is -2.35. The van der Waals surface area contributed by atoms with Gasteiger partial charge in [0, 0.05) is 6.54 Å². The molecule has 0 amide bonds. The van der Waals surface area contributed by atoms with E-state index in [1.807, 2.05) is 0 Å². The zero-order valence-electron chi connectivity index (χ0n) is 10.9. The molecule has 1 fully saturated rings. The molecule has 3 N–H and O–H groups in total. The number of phenolic OH excluding ortho intramolecular Hbond substituents is 1. The predicted octanol–water partition coefficient (Wildman–Crippen LogP) is 1.31. The van der Waals surface area contributed by atoms with Crippen molar-refractivity contribution in [3.05, 3.63) is 29.8 Å². The normalized spacial score (nSPS) is 21.3. The third-order valence-electron chi connectivity index (χ3n) is 3.61. The van der Waals surface area contributed by atoms with Crippen molar-refractivity contribution in [1.82, 2.24) is 4.90 Å². The third kappa shape index (κ3) is 3.08. The Bertz CT molecular complexity index is 499. The maximum atomic E-state index is 11.5. The molecular formula is C14H17NO5. The topological polar surface area (TPSA) is 98.1 Å². The minimum atomic E-state index is -1.01. The van der Waals surface area contributed by atoms with Gasteiger partial charge in [-0.2, -0.15) is 0 Å². The first-order valence-electron chi connectivity index (χ1n) is 6.47. The summed E-state index contributed by atoms with van der Waals surface area (Å²) in [4.78, 5) is 24.3. The highest BCUT2D eigenvalue weighted by Crippen LogP contribution is 2.28. The summed E-state index contributed by atoms with van der Waals surface area (Å²) >= 11 is 0. The summed E-state index contributed by atoms with van der Waals surface area (Å²) in [6, 6.07) is 5.10. The van der Waals surface area contributed by atoms with Gasteiger partial charge in [-0.1, -0.05) is 12.1 Å². The summed E-state index contributed by atoms with van der Waals surface area (Å²) in [5, 5.41) is 27.8. The molecule has 0 saturated carbocycles. The summed E-state index contributed by atoms with van der Waals surface area (Å²) in [6.07, 6.45) is 1.24. The maximum absolute atomic E-state index is 11.5. The molecule has 0 aromatic heterocycles. The van der Waals surface area contributed by atoms with Gasteiger partial charge in [0.1, 0.15) is 11.8 Å². The highest BCUT2D eigenvalue weighted by molar-refractivity contribution is 5.76. The fraction of sp³-hybridized carbons (Fsp3) is 0.429. The van der Waals surface area contributed by atoms with Crippen LogP contribution in [0.25, 0.3) is 0 Å². The number of carbonyl (C=O) groups is 2. The van der Waals surface area contributed by atoms with E-state index in [9.17, 15) is 19.8 Å². The van der Waals surface area contributed by atoms with Gasteiger partial charge >= 0.3 is 11.9 Å². The van der Waals surface area contributed by atoms with Gasteiger partial charge in [-0.25, -0.2) is 0 Å². The van der Waals surface area contributed by atoms with Crippen molar-refractivity contribution in [2.75, 3.05) is 13.1 Å². The van der Waals surface area contributed by atoms with Crippen molar-refractivity contribution >= 4 is 11.9 Å². The second kappa shape index (κ2) is 5.92. The zero-order valence-corrected chi connectivity index (χ0v) is 10.9. The quantitative estimate of drug-likeness (QED) is 0.768. The minimum Gasteiger partial charge on any atom is -0.508 e. The second-order valence-corrected chi connectivity index (χ2v) is 5.00. The molecule has 1 saturated heterocycles. The molecule has 0 radical (unpaired) electrons. The summed E-state index contributed by atoms with van der Waals surface area (Å²) < 4.78 is 0. The van der Waals surface area contributed by atoms with E-state index in [2.05, 4.69) is 0 Å². The van der Waals surface area contributed by atoms with Crippen LogP contribution in [0.2, 0.25) is 0 Å². The maximum Gasteiger partial charge on any atom is 0.325 e. The van der Waals surface area contributed by atoms with Gasteiger partial charge in [0.05, 0.1) is 5.92 Å². The number of rotatable bonds is 4. The summed E-state index contributed by atoms with van der Waals surface area (Å²) in [7, 11) is 0. The number of likely N-dealkylation sites (tertiary alicyclic amines) is 1. The lowest BCUT2D eigenvalue weighted by atomic mass is 9.95. The first-order chi connectivity index (χ1) is 9.49. The standard InChI is InChI=1S/C14H17NO5/c16-11-5-3-9(4-6-11)12(14(19)20)15-7-1-2-10(8-15)13(17)18/h3-6,10,12,16H,1-2,7-8H2,(H,17,18)(H,19,20). The first kappa shape index (κ1) is 14.3. The predicted molar refractivity (Wildman–Crippen MR) is 70.4 cm³/mol. The first-order valence-corrected chi connectivity index (χ1v) is 6.47. The van der Waals surface area contributed by atoms with E-state index < -0.39 is 23.9 Å². The highest BCUT2D eigenvalue weighted by atomic mass is 16.4. The molecule has 6 nitrogen and oxygen atoms in total. The van der Waals surface area contributed by atoms with Gasteiger partial charge in [-0.05, 0) is 37.1 Å². The lowest BCUT2D eigenvalue weighted by molar-refractivity contribution is -0.149. The number of phenols is 1. The van der Waals surface area contributed by atoms with E-state index in [0.29, 0.717) is 24.9 Å². The number of aromatic hydroxyl groups is 1. The molecule has 1 aliphatic heterocycles. The molecule has 1 heterocycles. The van der Waals surface area contributed by atoms with Crippen molar-refractivity contribution in [2.24, 2.45) is 5.92 Å². The number of carboxylic acid groups (broad SMARTS) is 2. The Kier molecular flexibility index (Phi) is 4.24. The van der Waals surface area contributed by atoms with E-state index in [4.69, 9.17) is 5.11 Å². The number of hydrogen-bond acceptors (Lipinski definition) is 4. The molecule has 6 heteroatoms. The van der Waals surface area contributed by atoms with Crippen LogP contribution < -0.4 is 0 Å². The Hall–Kier alpha value is -2.08. The smallest absolute Gasteiger partial charge is 0.325 e. The Morgan fingerprint density at radius 3 is 2.40 bits per heavy atom. The van der Waals surface area contributed by atoms with Gasteiger partial charge < -0.3 is 15.3 Å². The average Bonchev–Trinajstić information content (AvgIpc) is 2.41. The molecule has 1 aliphatic rings. The fourth-order valence-electron chi connectivity index (χ4n) is 2.61. The van der Waals surface area contributed by atoms with E-state index in [-0.39, 0.29) is 12.3 Å². The molecule has 0 spiro atoms. The molecule has 2 unspecified atom stereocenters. The molecule has 0 bridgehead atoms. The van der Waals surface area contributed by atoms with Crippen LogP contribution in [-0.2, 0) is 9.59 Å². The van der Waals surface area contributed by atoms with Crippen LogP contribution >= 0.6 is 0 Å². The lowest BCUT2D eigenvalue weighted by Crippen LogP contribution is -2.43. The summed E-state index contributed by atoms with van der Waals surface area (Å²) in [6.45, 7) is 0.787. The van der Waals surface area contributed by atoms with Gasteiger partial charge in [0.2, 0.25) is 0 Å². The SMILES string of the molecule is O=C(O)C1CCCN(C(C(=O)O)c2ccc(O)cc2)C1. The van der Waals surface area contributed by atoms with Crippen molar-refractivity contribution in [3.63, 3.8) is 0 Å². The van der Waals surface area contributed by atoms with Crippen LogP contribution in [0.1, 0.15) is 24.4 Å². The van der Waals surface area contributed by atoms with Gasteiger partial charge in [0.25, 0.3) is 0 Å². The molecule has 1 aromatic rings. The van der Waals surface area contributed by atoms with Crippen molar-refractivity contribution in [3.8, 4) is 5.75 Å². The minimum absolute atomic E-state index is 0.0694. The van der Waals surface area contributed by atoms with E-state index in [1.54, 1.807) is 17.0 Å². The van der Waals surface area contributed by atoms with Crippen LogP contribution in [0.15, 0.2) is 24.3 Å². The molecule has 2 atom stereocenters. The van der Waals surface area contributed by atoms with Gasteiger partial charge in [-0.3, -0.25) is 14.5 Å². The summed E-state index contributed by atoms with van der Waals surface area (Å²) in [5.41, 5.74) is 0.543. The molecule has 2 rings (SSSR count). The van der Waals surface area contributed by atoms with Crippen molar-refractivity contribution in [2.45, 2.75) is 18.9 Å². The van der Waals surface area contributed by atoms with Gasteiger partial charge in [-0.15, -0.1) is 0 Å². The Morgan fingerprint density at radius 2 is 1.85 bits per heavy atom. The number of hydrogen-bond donors (Lipinski definition) is 3. The number of nitrogens with zero attached hydrogens (tertiary/aromatic N) is 1. The molecular weight excluding hydrogens is 262 g/mol. The monoisotopic (exact) mass is 279 g/mol. The average molecular weight is 279 g/mol. The van der Waals surface area contributed by atoms with Crippen molar-refractivity contribution < 1.29 is 24.9 Å². The number of aliphatic carboxylic acids is 2. The van der Waals surface area contributed by atoms with Crippen LogP contribution in [0.3, 0.4) is 0 Å². The van der Waals surface area contributed by atoms with E-state index in [0.717, 1.165) is 0 Å². The van der Waals surface area contributed by atoms with Gasteiger partial charge in [0.15, 0.2) is 0 Å². The van der Waals surface area contributed by atoms with E-state index >= 15 is 0 Å². The molecule has 0 aliphatic carbocycles. The van der Waals surface area contributed by atoms with E-state index in [1.165, 1.54) is 12.1 Å². The Morgan fingerprint density at radius 1 is 1.20 bits per heavy atom. The van der Waals surface area contributed by atoms with Crippen LogP contribution in [0.5, 0.6) is 5.75 Å². The van der Waals surface area contributed by atoms with Crippen LogP contribution in [0.4, 0.5) is 0 Å². The number of piperidine rings is 1. The third-order valence-corrected chi connectivity index (χ3v) is 3.61. The zero-order chi connectivity index (χ0) is 14.7. The largest absolute Gasteiger partial charge is 0.508 e. The molecule has 108 valence electrons. The summed E-state index contributed by atoms with van der Waals surface area (Å²) in [5.74, 6) is -2.35. The Labute approximate surface area is 116 Å². The molecule has 1 aromatic carbocycles.